The molecule has 1 aromatic rings. The van der Waals surface area contributed by atoms with Crippen molar-refractivity contribution in [1.29, 1.82) is 0 Å². The van der Waals surface area contributed by atoms with E-state index in [1.165, 1.54) is 0 Å². The maximum Gasteiger partial charge on any atom is 0.260 e. The van der Waals surface area contributed by atoms with E-state index in [9.17, 15) is 13.2 Å². The summed E-state index contributed by atoms with van der Waals surface area (Å²) in [7, 11) is -3.22. The first-order chi connectivity index (χ1) is 12.9. The number of unbranched alkanes of at least 4 members (excludes halogenated alkanes) is 1. The highest BCUT2D eigenvalue weighted by Crippen LogP contribution is 2.18. The van der Waals surface area contributed by atoms with Crippen molar-refractivity contribution in [2.45, 2.75) is 45.6 Å². The molecule has 0 saturated carbocycles. The van der Waals surface area contributed by atoms with E-state index in [2.05, 4.69) is 4.72 Å². The van der Waals surface area contributed by atoms with Gasteiger partial charge in [-0.1, -0.05) is 13.3 Å². The van der Waals surface area contributed by atoms with Crippen LogP contribution in [0.2, 0.25) is 0 Å². The van der Waals surface area contributed by atoms with Gasteiger partial charge in [0, 0.05) is 19.1 Å². The Morgan fingerprint density at radius 1 is 1.11 bits per heavy atom. The Morgan fingerprint density at radius 2 is 1.70 bits per heavy atom. The van der Waals surface area contributed by atoms with E-state index in [1.807, 2.05) is 13.8 Å². The second-order valence-corrected chi connectivity index (χ2v) is 8.51. The Kier molecular flexibility index (Phi) is 8.37. The number of sulfonamides is 1. The van der Waals surface area contributed by atoms with Gasteiger partial charge in [0.2, 0.25) is 10.0 Å². The molecule has 0 bridgehead atoms. The SMILES string of the molecule is CCCCS(=O)(=O)NC1CCN(C(=O)COc2ccc(OCC)cc2)CC1. The van der Waals surface area contributed by atoms with E-state index in [1.54, 1.807) is 29.2 Å². The molecular weight excluding hydrogens is 368 g/mol. The number of rotatable bonds is 10. The molecule has 1 saturated heterocycles. The van der Waals surface area contributed by atoms with Crippen molar-refractivity contribution < 1.29 is 22.7 Å². The number of nitrogens with zero attached hydrogens (tertiary/aromatic N) is 1. The lowest BCUT2D eigenvalue weighted by atomic mass is 10.1. The fourth-order valence-corrected chi connectivity index (χ4v) is 4.46. The Balaban J connectivity index is 1.73. The molecule has 1 fully saturated rings. The van der Waals surface area contributed by atoms with E-state index in [0.717, 1.165) is 12.2 Å². The maximum absolute atomic E-state index is 12.3. The fourth-order valence-electron chi connectivity index (χ4n) is 2.93. The molecule has 8 heteroatoms. The Bertz CT molecular complexity index is 683. The third-order valence-corrected chi connectivity index (χ3v) is 5.98. The summed E-state index contributed by atoms with van der Waals surface area (Å²) in [5.74, 6) is 1.46. The van der Waals surface area contributed by atoms with Crippen LogP contribution < -0.4 is 14.2 Å². The summed E-state index contributed by atoms with van der Waals surface area (Å²) in [6, 6.07) is 7.06. The number of carbonyl (C=O) groups excluding carboxylic acids is 1. The van der Waals surface area contributed by atoms with Crippen LogP contribution in [0.25, 0.3) is 0 Å². The Labute approximate surface area is 162 Å². The van der Waals surface area contributed by atoms with Crippen molar-refractivity contribution >= 4 is 15.9 Å². The molecule has 1 amide bonds. The van der Waals surface area contributed by atoms with Crippen LogP contribution in [0.3, 0.4) is 0 Å². The standard InChI is InChI=1S/C19H30N2O5S/c1-3-5-14-27(23,24)20-16-10-12-21(13-11-16)19(22)15-26-18-8-6-17(7-9-18)25-4-2/h6-9,16,20H,3-5,10-15H2,1-2H3. The lowest BCUT2D eigenvalue weighted by Gasteiger charge is -2.32. The number of nitrogens with one attached hydrogen (secondary N) is 1. The molecule has 1 aliphatic heterocycles. The van der Waals surface area contributed by atoms with E-state index >= 15 is 0 Å². The number of benzene rings is 1. The number of ether oxygens (including phenoxy) is 2. The van der Waals surface area contributed by atoms with Crippen molar-refractivity contribution in [3.05, 3.63) is 24.3 Å². The van der Waals surface area contributed by atoms with Crippen LogP contribution in [-0.2, 0) is 14.8 Å². The van der Waals surface area contributed by atoms with Crippen LogP contribution in [0.1, 0.15) is 39.5 Å². The topological polar surface area (TPSA) is 84.9 Å². The summed E-state index contributed by atoms with van der Waals surface area (Å²) in [5.41, 5.74) is 0. The average Bonchev–Trinajstić information content (AvgIpc) is 2.66. The normalized spacial score (nSPS) is 15.6. The monoisotopic (exact) mass is 398 g/mol. The minimum absolute atomic E-state index is 0.0269. The summed E-state index contributed by atoms with van der Waals surface area (Å²) in [4.78, 5) is 14.0. The van der Waals surface area contributed by atoms with Crippen molar-refractivity contribution in [2.75, 3.05) is 32.1 Å². The van der Waals surface area contributed by atoms with Crippen molar-refractivity contribution in [2.24, 2.45) is 0 Å². The Morgan fingerprint density at radius 3 is 2.26 bits per heavy atom. The minimum atomic E-state index is -3.22. The summed E-state index contributed by atoms with van der Waals surface area (Å²) in [6.45, 7) is 5.53. The van der Waals surface area contributed by atoms with Gasteiger partial charge in [-0.3, -0.25) is 4.79 Å². The van der Waals surface area contributed by atoms with E-state index in [-0.39, 0.29) is 24.3 Å². The Hall–Kier alpha value is -1.80. The summed E-state index contributed by atoms with van der Waals surface area (Å²) < 4.78 is 37.6. The number of likely N-dealkylation sites (tertiary alicyclic amines) is 1. The molecule has 7 nitrogen and oxygen atoms in total. The molecule has 2 rings (SSSR count). The number of amides is 1. The van der Waals surface area contributed by atoms with Gasteiger partial charge in [-0.2, -0.15) is 0 Å². The lowest BCUT2D eigenvalue weighted by molar-refractivity contribution is -0.134. The largest absolute Gasteiger partial charge is 0.494 e. The first-order valence-corrected chi connectivity index (χ1v) is 11.2. The van der Waals surface area contributed by atoms with E-state index in [0.29, 0.717) is 44.7 Å². The smallest absolute Gasteiger partial charge is 0.260 e. The predicted molar refractivity (Wildman–Crippen MR) is 105 cm³/mol. The average molecular weight is 399 g/mol. The molecule has 1 heterocycles. The van der Waals surface area contributed by atoms with Crippen LogP contribution in [0.5, 0.6) is 11.5 Å². The summed E-state index contributed by atoms with van der Waals surface area (Å²) in [5, 5.41) is 0. The number of carbonyl (C=O) groups is 1. The zero-order valence-corrected chi connectivity index (χ0v) is 17.0. The molecule has 0 spiro atoms. The van der Waals surface area contributed by atoms with Gasteiger partial charge in [0.1, 0.15) is 11.5 Å². The molecule has 152 valence electrons. The van der Waals surface area contributed by atoms with Gasteiger partial charge in [-0.05, 0) is 50.5 Å². The molecule has 0 aliphatic carbocycles. The van der Waals surface area contributed by atoms with Gasteiger partial charge in [0.25, 0.3) is 5.91 Å². The first kappa shape index (κ1) is 21.5. The van der Waals surface area contributed by atoms with Crippen LogP contribution >= 0.6 is 0 Å². The number of piperidine rings is 1. The first-order valence-electron chi connectivity index (χ1n) is 9.57. The number of hydrogen-bond donors (Lipinski definition) is 1. The highest BCUT2D eigenvalue weighted by atomic mass is 32.2. The van der Waals surface area contributed by atoms with E-state index < -0.39 is 10.0 Å². The zero-order chi connectivity index (χ0) is 19.7. The molecule has 0 atom stereocenters. The molecule has 0 radical (unpaired) electrons. The van der Waals surface area contributed by atoms with Crippen LogP contribution in [0, 0.1) is 0 Å². The maximum atomic E-state index is 12.3. The molecule has 27 heavy (non-hydrogen) atoms. The molecule has 0 unspecified atom stereocenters. The second kappa shape index (κ2) is 10.5. The third kappa shape index (κ3) is 7.38. The van der Waals surface area contributed by atoms with Crippen molar-refractivity contribution in [3.8, 4) is 11.5 Å². The van der Waals surface area contributed by atoms with Crippen LogP contribution in [0.15, 0.2) is 24.3 Å². The fraction of sp³-hybridized carbons (Fsp3) is 0.632. The summed E-state index contributed by atoms with van der Waals surface area (Å²) >= 11 is 0. The van der Waals surface area contributed by atoms with Gasteiger partial charge in [-0.15, -0.1) is 0 Å². The van der Waals surface area contributed by atoms with E-state index in [4.69, 9.17) is 9.47 Å². The zero-order valence-electron chi connectivity index (χ0n) is 16.1. The van der Waals surface area contributed by atoms with Gasteiger partial charge < -0.3 is 14.4 Å². The van der Waals surface area contributed by atoms with Gasteiger partial charge >= 0.3 is 0 Å². The van der Waals surface area contributed by atoms with Gasteiger partial charge in [0.15, 0.2) is 6.61 Å². The van der Waals surface area contributed by atoms with Crippen molar-refractivity contribution in [1.82, 2.24) is 9.62 Å². The molecular formula is C19H30N2O5S. The molecule has 0 aromatic heterocycles. The van der Waals surface area contributed by atoms with Crippen molar-refractivity contribution in [3.63, 3.8) is 0 Å². The second-order valence-electron chi connectivity index (χ2n) is 6.64. The highest BCUT2D eigenvalue weighted by Gasteiger charge is 2.25. The minimum Gasteiger partial charge on any atom is -0.494 e. The number of hydrogen-bond acceptors (Lipinski definition) is 5. The van der Waals surface area contributed by atoms with Gasteiger partial charge in [0.05, 0.1) is 12.4 Å². The quantitative estimate of drug-likeness (QED) is 0.653. The van der Waals surface area contributed by atoms with Crippen LogP contribution in [0.4, 0.5) is 0 Å². The molecule has 1 N–H and O–H groups in total. The van der Waals surface area contributed by atoms with Crippen LogP contribution in [-0.4, -0.2) is 57.3 Å². The molecule has 1 aliphatic rings. The highest BCUT2D eigenvalue weighted by molar-refractivity contribution is 7.89. The molecule has 1 aromatic carbocycles. The third-order valence-electron chi connectivity index (χ3n) is 4.46. The predicted octanol–water partition coefficient (Wildman–Crippen LogP) is 2.17. The lowest BCUT2D eigenvalue weighted by Crippen LogP contribution is -2.48. The summed E-state index contributed by atoms with van der Waals surface area (Å²) in [6.07, 6.45) is 2.76. The van der Waals surface area contributed by atoms with Gasteiger partial charge in [-0.25, -0.2) is 13.1 Å².